The molecular formula is C22H24N4O2. The fourth-order valence-corrected chi connectivity index (χ4v) is 3.37. The molecule has 0 aliphatic carbocycles. The number of aromatic nitrogens is 2. The topological polar surface area (TPSA) is 68.2 Å². The number of hydrogen-bond acceptors (Lipinski definition) is 4. The number of carbonyl (C=O) groups is 1. The molecule has 1 aliphatic rings. The summed E-state index contributed by atoms with van der Waals surface area (Å²) in [6.45, 7) is 3.20. The fourth-order valence-electron chi connectivity index (χ4n) is 3.37. The molecule has 0 bridgehead atoms. The van der Waals surface area contributed by atoms with Gasteiger partial charge in [0.15, 0.2) is 0 Å². The van der Waals surface area contributed by atoms with Gasteiger partial charge in [-0.05, 0) is 22.3 Å². The van der Waals surface area contributed by atoms with Gasteiger partial charge in [0, 0.05) is 38.6 Å². The molecule has 6 nitrogen and oxygen atoms in total. The molecule has 2 N–H and O–H groups in total. The van der Waals surface area contributed by atoms with E-state index >= 15 is 0 Å². The maximum absolute atomic E-state index is 12.3. The summed E-state index contributed by atoms with van der Waals surface area (Å²) in [4.78, 5) is 16.4. The van der Waals surface area contributed by atoms with Crippen LogP contribution in [0.2, 0.25) is 0 Å². The van der Waals surface area contributed by atoms with Gasteiger partial charge in [0.25, 0.3) is 5.91 Å². The van der Waals surface area contributed by atoms with Gasteiger partial charge in [-0.25, -0.2) is 4.98 Å². The number of rotatable bonds is 6. The molecule has 1 amide bonds. The summed E-state index contributed by atoms with van der Waals surface area (Å²) in [5, 5.41) is 6.19. The third-order valence-corrected chi connectivity index (χ3v) is 4.88. The van der Waals surface area contributed by atoms with Crippen molar-refractivity contribution in [2.75, 3.05) is 19.7 Å². The van der Waals surface area contributed by atoms with Crippen molar-refractivity contribution in [2.45, 2.75) is 19.2 Å². The number of benzene rings is 2. The second-order valence-electron chi connectivity index (χ2n) is 6.87. The average Bonchev–Trinajstić information content (AvgIpc) is 3.26. The third-order valence-electron chi connectivity index (χ3n) is 4.88. The zero-order chi connectivity index (χ0) is 19.2. The highest BCUT2D eigenvalue weighted by atomic mass is 16.5. The Hall–Kier alpha value is -2.96. The van der Waals surface area contributed by atoms with Crippen molar-refractivity contribution in [3.63, 3.8) is 0 Å². The summed E-state index contributed by atoms with van der Waals surface area (Å²) in [5.41, 5.74) is 4.56. The molecule has 6 heteroatoms. The first-order valence-corrected chi connectivity index (χ1v) is 9.52. The van der Waals surface area contributed by atoms with Crippen LogP contribution in [0, 0.1) is 0 Å². The molecule has 1 aromatic heterocycles. The molecule has 1 atom stereocenters. The molecule has 2 aromatic carbocycles. The van der Waals surface area contributed by atoms with E-state index in [2.05, 4.69) is 52.0 Å². The van der Waals surface area contributed by atoms with Crippen LogP contribution < -0.4 is 10.6 Å². The predicted molar refractivity (Wildman–Crippen MR) is 108 cm³/mol. The number of hydrogen-bond donors (Lipinski definition) is 2. The van der Waals surface area contributed by atoms with Crippen LogP contribution in [0.25, 0.3) is 11.1 Å². The molecule has 3 aromatic rings. The number of imidazole rings is 1. The largest absolute Gasteiger partial charge is 0.366 e. The molecule has 0 radical (unpaired) electrons. The van der Waals surface area contributed by atoms with Crippen molar-refractivity contribution in [2.24, 2.45) is 0 Å². The first kappa shape index (κ1) is 18.4. The van der Waals surface area contributed by atoms with Crippen molar-refractivity contribution >= 4 is 5.91 Å². The lowest BCUT2D eigenvalue weighted by Gasteiger charge is -2.23. The Labute approximate surface area is 164 Å². The Morgan fingerprint density at radius 2 is 2.07 bits per heavy atom. The fraction of sp³-hybridized carbons (Fsp3) is 0.273. The van der Waals surface area contributed by atoms with Crippen molar-refractivity contribution < 1.29 is 9.53 Å². The number of ether oxygens (including phenoxy) is 1. The minimum Gasteiger partial charge on any atom is -0.366 e. The number of carbonyl (C=O) groups excluding carboxylic acids is 1. The van der Waals surface area contributed by atoms with E-state index in [-0.39, 0.29) is 5.91 Å². The van der Waals surface area contributed by atoms with Crippen LogP contribution in [0.5, 0.6) is 0 Å². The van der Waals surface area contributed by atoms with Gasteiger partial charge in [0.05, 0.1) is 12.9 Å². The monoisotopic (exact) mass is 376 g/mol. The van der Waals surface area contributed by atoms with Crippen molar-refractivity contribution in [3.8, 4) is 11.1 Å². The Kier molecular flexibility index (Phi) is 5.80. The molecule has 144 valence electrons. The molecule has 1 unspecified atom stereocenters. The molecule has 1 fully saturated rings. The summed E-state index contributed by atoms with van der Waals surface area (Å²) in [5.74, 6) is -0.0716. The van der Waals surface area contributed by atoms with E-state index in [1.807, 2.05) is 29.2 Å². The number of morpholine rings is 1. The summed E-state index contributed by atoms with van der Waals surface area (Å²) < 4.78 is 7.56. The smallest absolute Gasteiger partial charge is 0.250 e. The zero-order valence-electron chi connectivity index (χ0n) is 15.7. The van der Waals surface area contributed by atoms with Crippen LogP contribution in [0.3, 0.4) is 0 Å². The van der Waals surface area contributed by atoms with Crippen molar-refractivity contribution in [3.05, 3.63) is 78.4 Å². The normalized spacial score (nSPS) is 16.6. The van der Waals surface area contributed by atoms with Crippen LogP contribution in [-0.2, 0) is 22.6 Å². The standard InChI is InChI=1S/C22H24N4O2/c27-22(21-14-23-10-12-28-21)25-13-19-3-1-2-4-20(19)18-7-5-17(6-8-18)15-26-11-9-24-16-26/h1-9,11,16,21,23H,10,12-15H2,(H,25,27). The second kappa shape index (κ2) is 8.82. The van der Waals surface area contributed by atoms with E-state index < -0.39 is 6.10 Å². The average molecular weight is 376 g/mol. The summed E-state index contributed by atoms with van der Waals surface area (Å²) in [6.07, 6.45) is 5.14. The van der Waals surface area contributed by atoms with Gasteiger partial charge in [0.1, 0.15) is 6.10 Å². The van der Waals surface area contributed by atoms with Crippen LogP contribution in [0.4, 0.5) is 0 Å². The predicted octanol–water partition coefficient (Wildman–Crippen LogP) is 2.20. The Morgan fingerprint density at radius 3 is 2.82 bits per heavy atom. The first-order chi connectivity index (χ1) is 13.8. The van der Waals surface area contributed by atoms with Crippen LogP contribution in [-0.4, -0.2) is 41.3 Å². The minimum atomic E-state index is -0.414. The maximum Gasteiger partial charge on any atom is 0.250 e. The summed E-state index contributed by atoms with van der Waals surface area (Å²) in [7, 11) is 0. The van der Waals surface area contributed by atoms with Crippen LogP contribution >= 0.6 is 0 Å². The highest BCUT2D eigenvalue weighted by Gasteiger charge is 2.21. The lowest BCUT2D eigenvalue weighted by molar-refractivity contribution is -0.134. The molecule has 1 aliphatic heterocycles. The molecule has 4 rings (SSSR count). The minimum absolute atomic E-state index is 0.0716. The Bertz CT molecular complexity index is 901. The van der Waals surface area contributed by atoms with Gasteiger partial charge in [-0.3, -0.25) is 4.79 Å². The van der Waals surface area contributed by atoms with Gasteiger partial charge >= 0.3 is 0 Å². The summed E-state index contributed by atoms with van der Waals surface area (Å²) >= 11 is 0. The van der Waals surface area contributed by atoms with E-state index in [1.54, 1.807) is 6.20 Å². The van der Waals surface area contributed by atoms with Crippen LogP contribution in [0.1, 0.15) is 11.1 Å². The first-order valence-electron chi connectivity index (χ1n) is 9.52. The van der Waals surface area contributed by atoms with Crippen molar-refractivity contribution in [1.82, 2.24) is 20.2 Å². The van der Waals surface area contributed by atoms with E-state index in [0.717, 1.165) is 29.8 Å². The van der Waals surface area contributed by atoms with Gasteiger partial charge in [-0.15, -0.1) is 0 Å². The molecular weight excluding hydrogens is 352 g/mol. The highest BCUT2D eigenvalue weighted by Crippen LogP contribution is 2.24. The lowest BCUT2D eigenvalue weighted by Crippen LogP contribution is -2.47. The van der Waals surface area contributed by atoms with Gasteiger partial charge in [-0.2, -0.15) is 0 Å². The molecule has 2 heterocycles. The Morgan fingerprint density at radius 1 is 1.21 bits per heavy atom. The quantitative estimate of drug-likeness (QED) is 0.692. The maximum atomic E-state index is 12.3. The van der Waals surface area contributed by atoms with E-state index in [1.165, 1.54) is 5.56 Å². The molecule has 1 saturated heterocycles. The molecule has 28 heavy (non-hydrogen) atoms. The van der Waals surface area contributed by atoms with E-state index in [9.17, 15) is 4.79 Å². The number of nitrogens with zero attached hydrogens (tertiary/aromatic N) is 2. The number of nitrogens with one attached hydrogen (secondary N) is 2. The van der Waals surface area contributed by atoms with Gasteiger partial charge < -0.3 is 19.9 Å². The lowest BCUT2D eigenvalue weighted by atomic mass is 9.98. The highest BCUT2D eigenvalue weighted by molar-refractivity contribution is 5.81. The van der Waals surface area contributed by atoms with Gasteiger partial charge in [0.2, 0.25) is 0 Å². The Balaban J connectivity index is 1.44. The van der Waals surface area contributed by atoms with Crippen LogP contribution in [0.15, 0.2) is 67.3 Å². The second-order valence-corrected chi connectivity index (χ2v) is 6.87. The number of amides is 1. The third kappa shape index (κ3) is 4.47. The zero-order valence-corrected chi connectivity index (χ0v) is 15.7. The SMILES string of the molecule is O=C(NCc1ccccc1-c1ccc(Cn2ccnc2)cc1)C1CNCCO1. The molecule has 0 spiro atoms. The van der Waals surface area contributed by atoms with Crippen molar-refractivity contribution in [1.29, 1.82) is 0 Å². The van der Waals surface area contributed by atoms with E-state index in [0.29, 0.717) is 19.7 Å². The molecule has 0 saturated carbocycles. The summed E-state index contributed by atoms with van der Waals surface area (Å²) in [6, 6.07) is 16.7. The van der Waals surface area contributed by atoms with E-state index in [4.69, 9.17) is 4.74 Å². The van der Waals surface area contributed by atoms with Gasteiger partial charge in [-0.1, -0.05) is 48.5 Å².